The molecular formula is C12H13BrFN3S. The molecular weight excluding hydrogens is 317 g/mol. The van der Waals surface area contributed by atoms with Crippen molar-refractivity contribution in [2.24, 2.45) is 0 Å². The summed E-state index contributed by atoms with van der Waals surface area (Å²) in [4.78, 5) is 4.26. The highest BCUT2D eigenvalue weighted by Crippen LogP contribution is 2.33. The van der Waals surface area contributed by atoms with E-state index >= 15 is 0 Å². The lowest BCUT2D eigenvalue weighted by Gasteiger charge is -2.24. The lowest BCUT2D eigenvalue weighted by Crippen LogP contribution is -2.17. The molecule has 1 fully saturated rings. The van der Waals surface area contributed by atoms with Gasteiger partial charge in [0.1, 0.15) is 5.82 Å². The van der Waals surface area contributed by atoms with Crippen LogP contribution in [0.2, 0.25) is 0 Å². The van der Waals surface area contributed by atoms with E-state index in [-0.39, 0.29) is 5.82 Å². The van der Waals surface area contributed by atoms with E-state index in [0.29, 0.717) is 22.0 Å². The molecule has 1 saturated heterocycles. The number of nitrogens with zero attached hydrogens (tertiary/aromatic N) is 2. The number of imidazole rings is 1. The number of hydrogen-bond donors (Lipinski definition) is 1. The third kappa shape index (κ3) is 2.01. The maximum Gasteiger partial charge on any atom is 0.201 e. The topological polar surface area (TPSA) is 43.8 Å². The largest absolute Gasteiger partial charge is 0.369 e. The fourth-order valence-corrected chi connectivity index (χ4v) is 3.85. The van der Waals surface area contributed by atoms with E-state index < -0.39 is 0 Å². The van der Waals surface area contributed by atoms with Gasteiger partial charge in [-0.1, -0.05) is 0 Å². The molecule has 0 amide bonds. The van der Waals surface area contributed by atoms with Crippen molar-refractivity contribution in [2.75, 3.05) is 17.2 Å². The van der Waals surface area contributed by atoms with Gasteiger partial charge in [0.15, 0.2) is 0 Å². The predicted molar refractivity (Wildman–Crippen MR) is 77.4 cm³/mol. The second kappa shape index (κ2) is 4.74. The molecule has 1 aromatic carbocycles. The van der Waals surface area contributed by atoms with E-state index in [0.717, 1.165) is 29.9 Å². The van der Waals surface area contributed by atoms with Crippen LogP contribution in [-0.4, -0.2) is 21.1 Å². The minimum absolute atomic E-state index is 0.300. The Labute approximate surface area is 117 Å². The maximum absolute atomic E-state index is 13.5. The van der Waals surface area contributed by atoms with Crippen molar-refractivity contribution < 1.29 is 4.39 Å². The summed E-state index contributed by atoms with van der Waals surface area (Å²) < 4.78 is 16.0. The molecule has 1 aliphatic rings. The van der Waals surface area contributed by atoms with Crippen molar-refractivity contribution in [3.05, 3.63) is 22.4 Å². The zero-order chi connectivity index (χ0) is 12.7. The van der Waals surface area contributed by atoms with Crippen molar-refractivity contribution in [2.45, 2.75) is 18.9 Å². The molecule has 0 unspecified atom stereocenters. The maximum atomic E-state index is 13.5. The molecule has 2 aromatic rings. The summed E-state index contributed by atoms with van der Waals surface area (Å²) in [5.74, 6) is 2.48. The van der Waals surface area contributed by atoms with Crippen LogP contribution in [0.1, 0.15) is 18.9 Å². The van der Waals surface area contributed by atoms with E-state index in [1.54, 1.807) is 6.07 Å². The van der Waals surface area contributed by atoms with Gasteiger partial charge in [0.05, 0.1) is 15.5 Å². The summed E-state index contributed by atoms with van der Waals surface area (Å²) in [7, 11) is 0. The van der Waals surface area contributed by atoms with Gasteiger partial charge in [-0.2, -0.15) is 11.8 Å². The molecule has 2 heterocycles. The van der Waals surface area contributed by atoms with Crippen LogP contribution in [0.25, 0.3) is 11.0 Å². The number of hydrogen-bond acceptors (Lipinski definition) is 3. The molecule has 0 spiro atoms. The van der Waals surface area contributed by atoms with Crippen LogP contribution >= 0.6 is 27.7 Å². The first-order valence-corrected chi connectivity index (χ1v) is 7.82. The van der Waals surface area contributed by atoms with Crippen LogP contribution in [-0.2, 0) is 0 Å². The number of nitrogen functional groups attached to an aromatic ring is 1. The molecule has 0 bridgehead atoms. The normalized spacial score (nSPS) is 17.4. The number of anilines is 1. The lowest BCUT2D eigenvalue weighted by atomic mass is 10.1. The first-order chi connectivity index (χ1) is 8.66. The molecule has 2 N–H and O–H groups in total. The Kier molecular flexibility index (Phi) is 3.23. The first kappa shape index (κ1) is 12.3. The fraction of sp³-hybridized carbons (Fsp3) is 0.417. The van der Waals surface area contributed by atoms with Crippen LogP contribution in [0.3, 0.4) is 0 Å². The van der Waals surface area contributed by atoms with E-state index in [1.807, 2.05) is 11.8 Å². The van der Waals surface area contributed by atoms with Crippen LogP contribution in [0.4, 0.5) is 10.3 Å². The van der Waals surface area contributed by atoms with Gasteiger partial charge >= 0.3 is 0 Å². The smallest absolute Gasteiger partial charge is 0.201 e. The van der Waals surface area contributed by atoms with Gasteiger partial charge in [-0.15, -0.1) is 0 Å². The Hall–Kier alpha value is -0.750. The average molecular weight is 330 g/mol. The Morgan fingerprint density at radius 1 is 1.39 bits per heavy atom. The van der Waals surface area contributed by atoms with E-state index in [2.05, 4.69) is 25.5 Å². The Morgan fingerprint density at radius 3 is 2.83 bits per heavy atom. The zero-order valence-corrected chi connectivity index (χ0v) is 12.1. The molecule has 0 aliphatic carbocycles. The molecule has 3 nitrogen and oxygen atoms in total. The van der Waals surface area contributed by atoms with Gasteiger partial charge < -0.3 is 10.3 Å². The standard InChI is InChI=1S/C12H13BrFN3S/c13-8-5-11-10(6-9(8)14)16-12(15)17(11)7-1-3-18-4-2-7/h5-7H,1-4H2,(H2,15,16). The van der Waals surface area contributed by atoms with Crippen molar-refractivity contribution in [3.8, 4) is 0 Å². The van der Waals surface area contributed by atoms with Crippen molar-refractivity contribution in [1.29, 1.82) is 0 Å². The third-order valence-electron chi connectivity index (χ3n) is 3.31. The van der Waals surface area contributed by atoms with Gasteiger partial charge in [-0.05, 0) is 46.3 Å². The summed E-state index contributed by atoms with van der Waals surface area (Å²) in [6, 6.07) is 3.59. The van der Waals surface area contributed by atoms with Gasteiger partial charge in [-0.3, -0.25) is 0 Å². The number of nitrogens with two attached hydrogens (primary N) is 1. The zero-order valence-electron chi connectivity index (χ0n) is 9.70. The molecule has 0 radical (unpaired) electrons. The molecule has 0 saturated carbocycles. The number of aromatic nitrogens is 2. The number of halogens is 2. The van der Waals surface area contributed by atoms with E-state index in [4.69, 9.17) is 5.73 Å². The van der Waals surface area contributed by atoms with Gasteiger partial charge in [-0.25, -0.2) is 9.37 Å². The predicted octanol–water partition coefficient (Wildman–Crippen LogP) is 3.59. The van der Waals surface area contributed by atoms with Crippen LogP contribution in [0.15, 0.2) is 16.6 Å². The minimum atomic E-state index is -0.300. The monoisotopic (exact) mass is 329 g/mol. The Balaban J connectivity index is 2.15. The number of thioether (sulfide) groups is 1. The van der Waals surface area contributed by atoms with Crippen molar-refractivity contribution >= 4 is 44.7 Å². The highest BCUT2D eigenvalue weighted by Gasteiger charge is 2.21. The second-order valence-corrected chi connectivity index (χ2v) is 6.52. The SMILES string of the molecule is Nc1nc2cc(F)c(Br)cc2n1C1CCSCC1. The summed E-state index contributed by atoms with van der Waals surface area (Å²) in [5.41, 5.74) is 7.54. The lowest BCUT2D eigenvalue weighted by molar-refractivity contribution is 0.486. The summed E-state index contributed by atoms with van der Waals surface area (Å²) >= 11 is 5.19. The number of benzene rings is 1. The number of fused-ring (bicyclic) bond motifs is 1. The van der Waals surface area contributed by atoms with Gasteiger partial charge in [0.2, 0.25) is 5.95 Å². The highest BCUT2D eigenvalue weighted by molar-refractivity contribution is 9.10. The molecule has 1 aromatic heterocycles. The Bertz CT molecular complexity index is 593. The minimum Gasteiger partial charge on any atom is -0.369 e. The number of rotatable bonds is 1. The van der Waals surface area contributed by atoms with E-state index in [1.165, 1.54) is 6.07 Å². The van der Waals surface area contributed by atoms with Gasteiger partial charge in [0.25, 0.3) is 0 Å². The summed E-state index contributed by atoms with van der Waals surface area (Å²) in [5, 5.41) is 0. The average Bonchev–Trinajstić information content (AvgIpc) is 2.66. The fourth-order valence-electron chi connectivity index (χ4n) is 2.44. The van der Waals surface area contributed by atoms with Gasteiger partial charge in [0, 0.05) is 12.1 Å². The van der Waals surface area contributed by atoms with Crippen LogP contribution in [0.5, 0.6) is 0 Å². The van der Waals surface area contributed by atoms with Crippen LogP contribution < -0.4 is 5.73 Å². The molecule has 96 valence electrons. The van der Waals surface area contributed by atoms with Crippen LogP contribution in [0, 0.1) is 5.82 Å². The highest BCUT2D eigenvalue weighted by atomic mass is 79.9. The molecule has 6 heteroatoms. The summed E-state index contributed by atoms with van der Waals surface area (Å²) in [6.07, 6.45) is 2.19. The second-order valence-electron chi connectivity index (χ2n) is 4.44. The van der Waals surface area contributed by atoms with E-state index in [9.17, 15) is 4.39 Å². The molecule has 18 heavy (non-hydrogen) atoms. The quantitative estimate of drug-likeness (QED) is 0.869. The molecule has 0 atom stereocenters. The van der Waals surface area contributed by atoms with Crippen molar-refractivity contribution in [3.63, 3.8) is 0 Å². The molecule has 3 rings (SSSR count). The summed E-state index contributed by atoms with van der Waals surface area (Å²) in [6.45, 7) is 0. The third-order valence-corrected chi connectivity index (χ3v) is 4.97. The Morgan fingerprint density at radius 2 is 2.11 bits per heavy atom. The first-order valence-electron chi connectivity index (χ1n) is 5.87. The molecule has 1 aliphatic heterocycles. The van der Waals surface area contributed by atoms with Crippen molar-refractivity contribution in [1.82, 2.24) is 9.55 Å².